The van der Waals surface area contributed by atoms with Crippen LogP contribution >= 0.6 is 0 Å². The van der Waals surface area contributed by atoms with Crippen LogP contribution in [-0.4, -0.2) is 20.1 Å². The maximum atomic E-state index is 3.52. The van der Waals surface area contributed by atoms with Gasteiger partial charge in [0.15, 0.2) is 0 Å². The van der Waals surface area contributed by atoms with Crippen molar-refractivity contribution in [1.82, 2.24) is 5.32 Å². The Morgan fingerprint density at radius 2 is 1.72 bits per heavy atom. The van der Waals surface area contributed by atoms with E-state index in [4.69, 9.17) is 0 Å². The third-order valence-electron chi connectivity index (χ3n) is 3.17. The summed E-state index contributed by atoms with van der Waals surface area (Å²) in [5, 5.41) is 3.52. The van der Waals surface area contributed by atoms with Gasteiger partial charge >= 0.3 is 0 Å². The number of hydrogen-bond acceptors (Lipinski definition) is 2. The van der Waals surface area contributed by atoms with Crippen LogP contribution < -0.4 is 10.2 Å². The zero-order chi connectivity index (χ0) is 13.5. The topological polar surface area (TPSA) is 15.3 Å². The molecule has 0 aromatic heterocycles. The third kappa shape index (κ3) is 4.69. The van der Waals surface area contributed by atoms with Crippen molar-refractivity contribution in [2.75, 3.05) is 25.0 Å². The van der Waals surface area contributed by atoms with Crippen LogP contribution in [0, 0.1) is 5.92 Å². The number of hydrogen-bond donors (Lipinski definition) is 1. The molecule has 1 atom stereocenters. The van der Waals surface area contributed by atoms with E-state index in [0.717, 1.165) is 13.1 Å². The van der Waals surface area contributed by atoms with Crippen molar-refractivity contribution in [3.8, 4) is 0 Å². The first-order valence-corrected chi connectivity index (χ1v) is 7.09. The van der Waals surface area contributed by atoms with Gasteiger partial charge in [0, 0.05) is 25.3 Å². The molecule has 0 heterocycles. The molecule has 102 valence electrons. The number of nitrogens with zero attached hydrogens (tertiary/aromatic N) is 1. The molecule has 0 saturated heterocycles. The number of benzene rings is 1. The van der Waals surface area contributed by atoms with Gasteiger partial charge in [-0.05, 0) is 43.5 Å². The predicted molar refractivity (Wildman–Crippen MR) is 81.3 cm³/mol. The molecule has 0 fully saturated rings. The number of anilines is 1. The van der Waals surface area contributed by atoms with E-state index in [-0.39, 0.29) is 0 Å². The zero-order valence-electron chi connectivity index (χ0n) is 12.5. The average Bonchev–Trinajstić information content (AvgIpc) is 2.35. The molecule has 2 nitrogen and oxygen atoms in total. The lowest BCUT2D eigenvalue weighted by atomic mass is 10.1. The minimum atomic E-state index is 0.439. The molecule has 1 aromatic rings. The summed E-state index contributed by atoms with van der Waals surface area (Å²) >= 11 is 0. The third-order valence-corrected chi connectivity index (χ3v) is 3.17. The maximum Gasteiger partial charge on any atom is 0.0363 e. The Balaban J connectivity index is 2.61. The monoisotopic (exact) mass is 248 g/mol. The standard InChI is InChI=1S/C16H28N2/c1-6-11-17-14(4)15-7-9-16(10-8-15)18(5)12-13(2)3/h7-10,13-14,17H,6,11-12H2,1-5H3. The molecule has 1 aromatic carbocycles. The molecule has 0 radical (unpaired) electrons. The summed E-state index contributed by atoms with van der Waals surface area (Å²) in [5.74, 6) is 0.694. The van der Waals surface area contributed by atoms with Crippen LogP contribution in [0.15, 0.2) is 24.3 Å². The van der Waals surface area contributed by atoms with Gasteiger partial charge in [0.05, 0.1) is 0 Å². The number of rotatable bonds is 7. The predicted octanol–water partition coefficient (Wildman–Crippen LogP) is 3.84. The molecule has 2 heteroatoms. The summed E-state index contributed by atoms with van der Waals surface area (Å²) in [5.41, 5.74) is 2.67. The van der Waals surface area contributed by atoms with Crippen molar-refractivity contribution in [3.05, 3.63) is 29.8 Å². The smallest absolute Gasteiger partial charge is 0.0363 e. The Bertz CT molecular complexity index is 329. The summed E-state index contributed by atoms with van der Waals surface area (Å²) < 4.78 is 0. The SMILES string of the molecule is CCCNC(C)c1ccc(N(C)CC(C)C)cc1. The lowest BCUT2D eigenvalue weighted by Gasteiger charge is -2.22. The highest BCUT2D eigenvalue weighted by Crippen LogP contribution is 2.19. The van der Waals surface area contributed by atoms with Gasteiger partial charge in [-0.15, -0.1) is 0 Å². The zero-order valence-corrected chi connectivity index (χ0v) is 12.5. The fourth-order valence-electron chi connectivity index (χ4n) is 2.15. The van der Waals surface area contributed by atoms with Crippen LogP contribution in [0.3, 0.4) is 0 Å². The molecular formula is C16H28N2. The molecular weight excluding hydrogens is 220 g/mol. The summed E-state index contributed by atoms with van der Waals surface area (Å²) in [6.45, 7) is 11.1. The molecule has 0 aliphatic heterocycles. The van der Waals surface area contributed by atoms with E-state index in [1.807, 2.05) is 0 Å². The van der Waals surface area contributed by atoms with Crippen molar-refractivity contribution in [1.29, 1.82) is 0 Å². The Kier molecular flexibility index (Phi) is 6.20. The molecule has 0 aliphatic carbocycles. The Labute approximate surface area is 112 Å². The van der Waals surface area contributed by atoms with Crippen LogP contribution in [0.5, 0.6) is 0 Å². The lowest BCUT2D eigenvalue weighted by molar-refractivity contribution is 0.570. The van der Waals surface area contributed by atoms with E-state index in [1.165, 1.54) is 17.7 Å². The minimum absolute atomic E-state index is 0.439. The summed E-state index contributed by atoms with van der Waals surface area (Å²) in [4.78, 5) is 2.32. The van der Waals surface area contributed by atoms with Crippen LogP contribution in [-0.2, 0) is 0 Å². The van der Waals surface area contributed by atoms with Crippen molar-refractivity contribution in [3.63, 3.8) is 0 Å². The van der Waals surface area contributed by atoms with E-state index in [2.05, 4.69) is 69.2 Å². The fraction of sp³-hybridized carbons (Fsp3) is 0.625. The first-order valence-electron chi connectivity index (χ1n) is 7.09. The van der Waals surface area contributed by atoms with Crippen molar-refractivity contribution in [2.24, 2.45) is 5.92 Å². The largest absolute Gasteiger partial charge is 0.374 e. The molecule has 0 aliphatic rings. The summed E-state index contributed by atoms with van der Waals surface area (Å²) in [7, 11) is 2.16. The molecule has 0 amide bonds. The second-order valence-electron chi connectivity index (χ2n) is 5.54. The molecule has 0 spiro atoms. The molecule has 1 N–H and O–H groups in total. The van der Waals surface area contributed by atoms with Gasteiger partial charge in [0.1, 0.15) is 0 Å². The van der Waals surface area contributed by atoms with Gasteiger partial charge in [0.2, 0.25) is 0 Å². The molecule has 1 unspecified atom stereocenters. The highest BCUT2D eigenvalue weighted by molar-refractivity contribution is 5.47. The second-order valence-corrected chi connectivity index (χ2v) is 5.54. The molecule has 0 saturated carbocycles. The van der Waals surface area contributed by atoms with Crippen LogP contribution in [0.4, 0.5) is 5.69 Å². The second kappa shape index (κ2) is 7.42. The van der Waals surface area contributed by atoms with Gasteiger partial charge in [-0.2, -0.15) is 0 Å². The highest BCUT2D eigenvalue weighted by Gasteiger charge is 2.06. The first-order chi connectivity index (χ1) is 8.54. The fourth-order valence-corrected chi connectivity index (χ4v) is 2.15. The molecule has 0 bridgehead atoms. The lowest BCUT2D eigenvalue weighted by Crippen LogP contribution is -2.23. The van der Waals surface area contributed by atoms with E-state index in [0.29, 0.717) is 12.0 Å². The van der Waals surface area contributed by atoms with Crippen LogP contribution in [0.25, 0.3) is 0 Å². The normalized spacial score (nSPS) is 12.8. The Morgan fingerprint density at radius 3 is 2.22 bits per heavy atom. The van der Waals surface area contributed by atoms with E-state index < -0.39 is 0 Å². The van der Waals surface area contributed by atoms with Gasteiger partial charge in [0.25, 0.3) is 0 Å². The van der Waals surface area contributed by atoms with Gasteiger partial charge < -0.3 is 10.2 Å². The van der Waals surface area contributed by atoms with E-state index in [9.17, 15) is 0 Å². The molecule has 18 heavy (non-hydrogen) atoms. The maximum absolute atomic E-state index is 3.52. The van der Waals surface area contributed by atoms with Crippen LogP contribution in [0.1, 0.15) is 45.7 Å². The Morgan fingerprint density at radius 1 is 1.11 bits per heavy atom. The van der Waals surface area contributed by atoms with Crippen LogP contribution in [0.2, 0.25) is 0 Å². The highest BCUT2D eigenvalue weighted by atomic mass is 15.1. The van der Waals surface area contributed by atoms with Crippen molar-refractivity contribution >= 4 is 5.69 Å². The summed E-state index contributed by atoms with van der Waals surface area (Å²) in [6, 6.07) is 9.36. The first kappa shape index (κ1) is 15.0. The van der Waals surface area contributed by atoms with E-state index >= 15 is 0 Å². The van der Waals surface area contributed by atoms with Crippen molar-refractivity contribution in [2.45, 2.75) is 40.2 Å². The average molecular weight is 248 g/mol. The Hall–Kier alpha value is -1.02. The number of nitrogens with one attached hydrogen (secondary N) is 1. The van der Waals surface area contributed by atoms with Gasteiger partial charge in [-0.3, -0.25) is 0 Å². The van der Waals surface area contributed by atoms with Gasteiger partial charge in [-0.25, -0.2) is 0 Å². The summed E-state index contributed by atoms with van der Waals surface area (Å²) in [6.07, 6.45) is 1.18. The van der Waals surface area contributed by atoms with E-state index in [1.54, 1.807) is 0 Å². The minimum Gasteiger partial charge on any atom is -0.374 e. The quantitative estimate of drug-likeness (QED) is 0.788. The molecule has 1 rings (SSSR count). The van der Waals surface area contributed by atoms with Gasteiger partial charge in [-0.1, -0.05) is 32.9 Å². The van der Waals surface area contributed by atoms with Crippen molar-refractivity contribution < 1.29 is 0 Å².